The Morgan fingerprint density at radius 2 is 1.69 bits per heavy atom. The van der Waals surface area contributed by atoms with E-state index in [1.807, 2.05) is 48.2 Å². The average molecular weight is 436 g/mol. The molecule has 170 valence electrons. The number of carbonyl (C=O) groups excluding carboxylic acids is 2. The molecule has 1 saturated heterocycles. The fraction of sp³-hybridized carbons (Fsp3) is 0.480. The van der Waals surface area contributed by atoms with Crippen molar-refractivity contribution < 1.29 is 9.59 Å². The van der Waals surface area contributed by atoms with Crippen LogP contribution in [0.4, 0.5) is 16.3 Å². The second kappa shape index (κ2) is 10.5. The maximum Gasteiger partial charge on any atom is 0.319 e. The Labute approximate surface area is 190 Å². The highest BCUT2D eigenvalue weighted by molar-refractivity contribution is 5.94. The van der Waals surface area contributed by atoms with E-state index in [-0.39, 0.29) is 18.0 Å². The van der Waals surface area contributed by atoms with Crippen molar-refractivity contribution in [2.24, 2.45) is 0 Å². The Hall–Kier alpha value is -3.09. The summed E-state index contributed by atoms with van der Waals surface area (Å²) in [6.07, 6.45) is 8.35. The first-order chi connectivity index (χ1) is 15.6. The molecule has 1 aliphatic heterocycles. The van der Waals surface area contributed by atoms with Gasteiger partial charge in [0.25, 0.3) is 5.91 Å². The highest BCUT2D eigenvalue weighted by atomic mass is 16.2. The second-order valence-corrected chi connectivity index (χ2v) is 8.84. The fourth-order valence-electron chi connectivity index (χ4n) is 4.47. The maximum absolute atomic E-state index is 12.8. The van der Waals surface area contributed by atoms with Gasteiger partial charge in [-0.2, -0.15) is 0 Å². The van der Waals surface area contributed by atoms with E-state index in [0.717, 1.165) is 55.8 Å². The lowest BCUT2D eigenvalue weighted by Crippen LogP contribution is -2.39. The zero-order chi connectivity index (χ0) is 22.3. The SMILES string of the molecule is Cc1ccc(C(=O)N2CCCN(c3ccc(NC(=O)NC4CCCCC4)cn3)CC2)cc1. The van der Waals surface area contributed by atoms with Crippen molar-refractivity contribution in [1.82, 2.24) is 15.2 Å². The minimum Gasteiger partial charge on any atom is -0.355 e. The van der Waals surface area contributed by atoms with Crippen molar-refractivity contribution in [3.63, 3.8) is 0 Å². The van der Waals surface area contributed by atoms with E-state index in [2.05, 4.69) is 20.5 Å². The number of carbonyl (C=O) groups is 2. The number of nitrogens with one attached hydrogen (secondary N) is 2. The zero-order valence-corrected chi connectivity index (χ0v) is 18.8. The van der Waals surface area contributed by atoms with Gasteiger partial charge in [-0.25, -0.2) is 9.78 Å². The van der Waals surface area contributed by atoms with Crippen LogP contribution in [0.25, 0.3) is 0 Å². The van der Waals surface area contributed by atoms with E-state index in [1.165, 1.54) is 19.3 Å². The van der Waals surface area contributed by atoms with Crippen LogP contribution in [0.5, 0.6) is 0 Å². The minimum absolute atomic E-state index is 0.0864. The van der Waals surface area contributed by atoms with E-state index in [9.17, 15) is 9.59 Å². The van der Waals surface area contributed by atoms with Gasteiger partial charge in [0.1, 0.15) is 5.82 Å². The van der Waals surface area contributed by atoms with Gasteiger partial charge in [0.2, 0.25) is 0 Å². The molecule has 1 saturated carbocycles. The molecule has 0 bridgehead atoms. The number of pyridine rings is 1. The van der Waals surface area contributed by atoms with Crippen LogP contribution in [0.3, 0.4) is 0 Å². The van der Waals surface area contributed by atoms with Crippen LogP contribution in [0.2, 0.25) is 0 Å². The fourth-order valence-corrected chi connectivity index (χ4v) is 4.47. The van der Waals surface area contributed by atoms with Crippen LogP contribution < -0.4 is 15.5 Å². The van der Waals surface area contributed by atoms with Gasteiger partial charge in [-0.1, -0.05) is 37.0 Å². The summed E-state index contributed by atoms with van der Waals surface area (Å²) in [5.41, 5.74) is 2.58. The lowest BCUT2D eigenvalue weighted by Gasteiger charge is -2.24. The van der Waals surface area contributed by atoms with Crippen molar-refractivity contribution in [2.45, 2.75) is 51.5 Å². The summed E-state index contributed by atoms with van der Waals surface area (Å²) in [5.74, 6) is 0.955. The summed E-state index contributed by atoms with van der Waals surface area (Å²) in [7, 11) is 0. The lowest BCUT2D eigenvalue weighted by molar-refractivity contribution is 0.0767. The van der Waals surface area contributed by atoms with Gasteiger partial charge in [0.05, 0.1) is 11.9 Å². The van der Waals surface area contributed by atoms with Gasteiger partial charge >= 0.3 is 6.03 Å². The number of aromatic nitrogens is 1. The molecule has 0 unspecified atom stereocenters. The normalized spacial score (nSPS) is 17.5. The Morgan fingerprint density at radius 3 is 2.41 bits per heavy atom. The van der Waals surface area contributed by atoms with Crippen molar-refractivity contribution in [3.05, 3.63) is 53.7 Å². The molecule has 3 amide bonds. The van der Waals surface area contributed by atoms with E-state index >= 15 is 0 Å². The molecule has 2 fully saturated rings. The molecule has 2 aromatic rings. The van der Waals surface area contributed by atoms with Crippen LogP contribution in [0.15, 0.2) is 42.6 Å². The summed E-state index contributed by atoms with van der Waals surface area (Å²) in [4.78, 5) is 33.8. The van der Waals surface area contributed by atoms with Gasteiger partial charge in [0, 0.05) is 37.8 Å². The molecule has 2 heterocycles. The highest BCUT2D eigenvalue weighted by Gasteiger charge is 2.21. The minimum atomic E-state index is -0.161. The first kappa shape index (κ1) is 22.1. The molecule has 0 spiro atoms. The zero-order valence-electron chi connectivity index (χ0n) is 18.8. The van der Waals surface area contributed by atoms with E-state index in [1.54, 1.807) is 6.20 Å². The number of amides is 3. The lowest BCUT2D eigenvalue weighted by atomic mass is 9.96. The first-order valence-corrected chi connectivity index (χ1v) is 11.7. The van der Waals surface area contributed by atoms with Gasteiger partial charge in [-0.05, 0) is 50.5 Å². The average Bonchev–Trinajstić information content (AvgIpc) is 3.07. The van der Waals surface area contributed by atoms with E-state index in [4.69, 9.17) is 0 Å². The molecule has 2 aliphatic rings. The van der Waals surface area contributed by atoms with Gasteiger partial charge in [-0.3, -0.25) is 4.79 Å². The van der Waals surface area contributed by atoms with Crippen LogP contribution in [-0.2, 0) is 0 Å². The number of nitrogens with zero attached hydrogens (tertiary/aromatic N) is 3. The van der Waals surface area contributed by atoms with Crippen molar-refractivity contribution >= 4 is 23.4 Å². The third-order valence-corrected chi connectivity index (χ3v) is 6.35. The second-order valence-electron chi connectivity index (χ2n) is 8.84. The molecule has 7 heteroatoms. The van der Waals surface area contributed by atoms with Crippen molar-refractivity contribution in [2.75, 3.05) is 36.4 Å². The summed E-state index contributed by atoms with van der Waals surface area (Å²) in [5, 5.41) is 5.95. The molecule has 1 aliphatic carbocycles. The molecule has 1 aromatic carbocycles. The van der Waals surface area contributed by atoms with Crippen LogP contribution >= 0.6 is 0 Å². The number of hydrogen-bond donors (Lipinski definition) is 2. The summed E-state index contributed by atoms with van der Waals surface area (Å²) in [6.45, 7) is 5.01. The third kappa shape index (κ3) is 5.78. The Morgan fingerprint density at radius 1 is 0.906 bits per heavy atom. The van der Waals surface area contributed by atoms with Gasteiger partial charge < -0.3 is 20.4 Å². The largest absolute Gasteiger partial charge is 0.355 e. The van der Waals surface area contributed by atoms with E-state index in [0.29, 0.717) is 12.2 Å². The predicted molar refractivity (Wildman–Crippen MR) is 127 cm³/mol. The van der Waals surface area contributed by atoms with Gasteiger partial charge in [-0.15, -0.1) is 0 Å². The summed E-state index contributed by atoms with van der Waals surface area (Å²) < 4.78 is 0. The van der Waals surface area contributed by atoms with Crippen molar-refractivity contribution in [1.29, 1.82) is 0 Å². The standard InChI is InChI=1S/C25H33N5O2/c1-19-8-10-20(11-9-19)24(31)30-15-5-14-29(16-17-30)23-13-12-22(18-26-23)28-25(32)27-21-6-3-2-4-7-21/h8-13,18,21H,2-7,14-17H2,1H3,(H2,27,28,32). The molecule has 4 rings (SSSR count). The molecule has 1 aromatic heterocycles. The number of urea groups is 1. The number of hydrogen-bond acceptors (Lipinski definition) is 4. The molecule has 7 nitrogen and oxygen atoms in total. The van der Waals surface area contributed by atoms with Crippen LogP contribution in [0, 0.1) is 6.92 Å². The monoisotopic (exact) mass is 435 g/mol. The third-order valence-electron chi connectivity index (χ3n) is 6.35. The smallest absolute Gasteiger partial charge is 0.319 e. The molecule has 2 N–H and O–H groups in total. The molecule has 0 radical (unpaired) electrons. The Balaban J connectivity index is 1.29. The van der Waals surface area contributed by atoms with Crippen molar-refractivity contribution in [3.8, 4) is 0 Å². The summed E-state index contributed by atoms with van der Waals surface area (Å²) in [6, 6.07) is 11.7. The number of benzene rings is 1. The van der Waals surface area contributed by atoms with E-state index < -0.39 is 0 Å². The number of anilines is 2. The number of rotatable bonds is 4. The highest BCUT2D eigenvalue weighted by Crippen LogP contribution is 2.19. The van der Waals surface area contributed by atoms with Gasteiger partial charge in [0.15, 0.2) is 0 Å². The van der Waals surface area contributed by atoms with Crippen LogP contribution in [0.1, 0.15) is 54.4 Å². The first-order valence-electron chi connectivity index (χ1n) is 11.7. The maximum atomic E-state index is 12.8. The molecule has 32 heavy (non-hydrogen) atoms. The van der Waals surface area contributed by atoms with Crippen LogP contribution in [-0.4, -0.2) is 54.0 Å². The molecular formula is C25H33N5O2. The summed E-state index contributed by atoms with van der Waals surface area (Å²) >= 11 is 0. The predicted octanol–water partition coefficient (Wildman–Crippen LogP) is 4.20. The topological polar surface area (TPSA) is 77.6 Å². The number of aryl methyl sites for hydroxylation is 1. The molecule has 0 atom stereocenters. The quantitative estimate of drug-likeness (QED) is 0.755. The Kier molecular flexibility index (Phi) is 7.24. The Bertz CT molecular complexity index is 907. The molecular weight excluding hydrogens is 402 g/mol.